The Morgan fingerprint density at radius 1 is 1.38 bits per heavy atom. The summed E-state index contributed by atoms with van der Waals surface area (Å²) < 4.78 is 5.47. The molecule has 2 rings (SSSR count). The molecule has 1 N–H and O–H groups in total. The fourth-order valence-corrected chi connectivity index (χ4v) is 2.79. The molecular formula is C17H22N2OS. The van der Waals surface area contributed by atoms with Gasteiger partial charge in [0.2, 0.25) is 0 Å². The van der Waals surface area contributed by atoms with Crippen LogP contribution in [0.5, 0.6) is 5.75 Å². The Morgan fingerprint density at radius 2 is 2.14 bits per heavy atom. The molecule has 0 spiro atoms. The van der Waals surface area contributed by atoms with Gasteiger partial charge in [0.05, 0.1) is 6.04 Å². The number of hydrogen-bond donors (Lipinski definition) is 1. The summed E-state index contributed by atoms with van der Waals surface area (Å²) in [5, 5.41) is 4.66. The molecule has 0 amide bonds. The molecule has 1 heterocycles. The van der Waals surface area contributed by atoms with Crippen LogP contribution < -0.4 is 10.1 Å². The van der Waals surface area contributed by atoms with Crippen molar-refractivity contribution in [2.75, 3.05) is 6.61 Å². The summed E-state index contributed by atoms with van der Waals surface area (Å²) in [5.74, 6) is 0.874. The molecule has 1 aromatic heterocycles. The lowest BCUT2D eigenvalue weighted by Crippen LogP contribution is -2.17. The van der Waals surface area contributed by atoms with Crippen molar-refractivity contribution in [2.24, 2.45) is 0 Å². The zero-order valence-corrected chi connectivity index (χ0v) is 13.5. The minimum Gasteiger partial charge on any atom is -0.490 e. The van der Waals surface area contributed by atoms with E-state index >= 15 is 0 Å². The van der Waals surface area contributed by atoms with E-state index in [1.54, 1.807) is 17.4 Å². The van der Waals surface area contributed by atoms with Gasteiger partial charge in [-0.3, -0.25) is 0 Å². The molecule has 0 saturated heterocycles. The topological polar surface area (TPSA) is 34.1 Å². The summed E-state index contributed by atoms with van der Waals surface area (Å²) in [6.45, 7) is 9.31. The van der Waals surface area contributed by atoms with Crippen molar-refractivity contribution in [2.45, 2.75) is 32.9 Å². The molecule has 0 aliphatic rings. The van der Waals surface area contributed by atoms with Crippen molar-refractivity contribution in [3.05, 3.63) is 58.6 Å². The highest BCUT2D eigenvalue weighted by molar-refractivity contribution is 7.11. The first kappa shape index (κ1) is 15.7. The van der Waals surface area contributed by atoms with Crippen LogP contribution in [0.1, 0.15) is 35.3 Å². The number of hydrogen-bond acceptors (Lipinski definition) is 4. The van der Waals surface area contributed by atoms with Crippen LogP contribution >= 0.6 is 11.3 Å². The normalized spacial score (nSPS) is 12.1. The molecule has 2 aromatic rings. The number of nitrogens with one attached hydrogen (secondary N) is 1. The summed E-state index contributed by atoms with van der Waals surface area (Å²) in [7, 11) is 0. The van der Waals surface area contributed by atoms with Crippen LogP contribution in [-0.2, 0) is 13.0 Å². The molecule has 21 heavy (non-hydrogen) atoms. The Bertz CT molecular complexity index is 562. The van der Waals surface area contributed by atoms with Gasteiger partial charge >= 0.3 is 0 Å². The van der Waals surface area contributed by atoms with Crippen molar-refractivity contribution in [1.82, 2.24) is 10.3 Å². The molecule has 0 fully saturated rings. The van der Waals surface area contributed by atoms with E-state index in [2.05, 4.69) is 42.9 Å². The van der Waals surface area contributed by atoms with E-state index in [9.17, 15) is 0 Å². The summed E-state index contributed by atoms with van der Waals surface area (Å²) >= 11 is 1.78. The molecular weight excluding hydrogens is 280 g/mol. The first-order chi connectivity index (χ1) is 10.2. The molecule has 1 aromatic carbocycles. The van der Waals surface area contributed by atoms with Crippen LogP contribution in [0.3, 0.4) is 0 Å². The van der Waals surface area contributed by atoms with Crippen LogP contribution in [0.25, 0.3) is 0 Å². The Balaban J connectivity index is 1.85. The molecule has 3 nitrogen and oxygen atoms in total. The van der Waals surface area contributed by atoms with Crippen LogP contribution in [0.15, 0.2) is 43.1 Å². The van der Waals surface area contributed by atoms with E-state index in [-0.39, 0.29) is 6.04 Å². The molecule has 1 unspecified atom stereocenters. The first-order valence-corrected chi connectivity index (χ1v) is 8.05. The van der Waals surface area contributed by atoms with Crippen LogP contribution in [0, 0.1) is 0 Å². The number of nitrogens with zero attached hydrogens (tertiary/aromatic N) is 1. The third-order valence-corrected chi connectivity index (χ3v) is 4.52. The van der Waals surface area contributed by atoms with E-state index in [4.69, 9.17) is 4.74 Å². The third kappa shape index (κ3) is 4.69. The second-order valence-corrected chi connectivity index (χ2v) is 6.01. The first-order valence-electron chi connectivity index (χ1n) is 7.23. The summed E-state index contributed by atoms with van der Waals surface area (Å²) in [6, 6.07) is 8.41. The SMILES string of the molecule is C=CCOc1ccc(CNC(C)c2ncc(CC)s2)cc1. The second-order valence-electron chi connectivity index (χ2n) is 4.86. The van der Waals surface area contributed by atoms with E-state index in [0.717, 1.165) is 23.7 Å². The van der Waals surface area contributed by atoms with Crippen LogP contribution in [-0.4, -0.2) is 11.6 Å². The molecule has 4 heteroatoms. The van der Waals surface area contributed by atoms with E-state index in [1.807, 2.05) is 18.3 Å². The van der Waals surface area contributed by atoms with E-state index < -0.39 is 0 Å². The van der Waals surface area contributed by atoms with Gasteiger partial charge in [0.25, 0.3) is 0 Å². The number of ether oxygens (including phenoxy) is 1. The highest BCUT2D eigenvalue weighted by Gasteiger charge is 2.09. The van der Waals surface area contributed by atoms with Gasteiger partial charge in [0, 0.05) is 17.6 Å². The summed E-state index contributed by atoms with van der Waals surface area (Å²) in [5.41, 5.74) is 1.24. The fourth-order valence-electron chi connectivity index (χ4n) is 1.90. The molecule has 1 atom stereocenters. The highest BCUT2D eigenvalue weighted by Crippen LogP contribution is 2.21. The van der Waals surface area contributed by atoms with Gasteiger partial charge in [-0.05, 0) is 31.0 Å². The molecule has 0 bridgehead atoms. The van der Waals surface area contributed by atoms with Gasteiger partial charge in [-0.25, -0.2) is 4.98 Å². The third-order valence-electron chi connectivity index (χ3n) is 3.19. The lowest BCUT2D eigenvalue weighted by molar-refractivity contribution is 0.363. The van der Waals surface area contributed by atoms with Gasteiger partial charge < -0.3 is 10.1 Å². The quantitative estimate of drug-likeness (QED) is 0.745. The standard InChI is InChI=1S/C17H22N2OS/c1-4-10-20-15-8-6-14(7-9-15)11-18-13(3)17-19-12-16(5-2)21-17/h4,6-9,12-13,18H,1,5,10-11H2,2-3H3. The molecule has 0 saturated carbocycles. The van der Waals surface area contributed by atoms with Crippen molar-refractivity contribution < 1.29 is 4.74 Å². The zero-order chi connectivity index (χ0) is 15.1. The van der Waals surface area contributed by atoms with Crippen molar-refractivity contribution >= 4 is 11.3 Å². The van der Waals surface area contributed by atoms with Gasteiger partial charge in [-0.2, -0.15) is 0 Å². The van der Waals surface area contributed by atoms with Crippen molar-refractivity contribution in [3.8, 4) is 5.75 Å². The smallest absolute Gasteiger partial charge is 0.119 e. The average molecular weight is 302 g/mol. The maximum absolute atomic E-state index is 5.47. The lowest BCUT2D eigenvalue weighted by atomic mass is 10.2. The number of rotatable bonds is 8. The minimum absolute atomic E-state index is 0.270. The predicted molar refractivity (Wildman–Crippen MR) is 88.9 cm³/mol. The number of benzene rings is 1. The Labute approximate surface area is 130 Å². The van der Waals surface area contributed by atoms with E-state index in [0.29, 0.717) is 6.61 Å². The summed E-state index contributed by atoms with van der Waals surface area (Å²) in [6.07, 6.45) is 4.77. The predicted octanol–water partition coefficient (Wildman–Crippen LogP) is 4.12. The number of thiazole rings is 1. The molecule has 0 radical (unpaired) electrons. The largest absolute Gasteiger partial charge is 0.490 e. The minimum atomic E-state index is 0.270. The molecule has 0 aliphatic carbocycles. The van der Waals surface area contributed by atoms with Crippen LogP contribution in [0.2, 0.25) is 0 Å². The van der Waals surface area contributed by atoms with Gasteiger partial charge in [-0.1, -0.05) is 31.7 Å². The lowest BCUT2D eigenvalue weighted by Gasteiger charge is -2.11. The summed E-state index contributed by atoms with van der Waals surface area (Å²) in [4.78, 5) is 5.81. The van der Waals surface area contributed by atoms with E-state index in [1.165, 1.54) is 10.4 Å². The maximum Gasteiger partial charge on any atom is 0.119 e. The Morgan fingerprint density at radius 3 is 2.76 bits per heavy atom. The second kappa shape index (κ2) is 7.96. The average Bonchev–Trinajstić information content (AvgIpc) is 3.00. The molecule has 112 valence electrons. The maximum atomic E-state index is 5.47. The monoisotopic (exact) mass is 302 g/mol. The van der Waals surface area contributed by atoms with Crippen LogP contribution in [0.4, 0.5) is 0 Å². The highest BCUT2D eigenvalue weighted by atomic mass is 32.1. The van der Waals surface area contributed by atoms with Gasteiger partial charge in [0.1, 0.15) is 17.4 Å². The zero-order valence-electron chi connectivity index (χ0n) is 12.6. The number of aromatic nitrogens is 1. The Hall–Kier alpha value is -1.65. The Kier molecular flexibility index (Phi) is 5.96. The molecule has 0 aliphatic heterocycles. The fraction of sp³-hybridized carbons (Fsp3) is 0.353. The van der Waals surface area contributed by atoms with Crippen molar-refractivity contribution in [1.29, 1.82) is 0 Å². The van der Waals surface area contributed by atoms with Crippen molar-refractivity contribution in [3.63, 3.8) is 0 Å². The van der Waals surface area contributed by atoms with Gasteiger partial charge in [-0.15, -0.1) is 11.3 Å². The van der Waals surface area contributed by atoms with Gasteiger partial charge in [0.15, 0.2) is 0 Å². The number of aryl methyl sites for hydroxylation is 1.